The number of hydrogen-bond acceptors (Lipinski definition) is 2. The standard InChI is InChI=1S/C7H15BrOS/c1-10-7-3-6-9-5-2-4-8/h2-7H2,1H3. The Hall–Kier alpha value is 0.790. The first kappa shape index (κ1) is 10.8. The van der Waals surface area contributed by atoms with Gasteiger partial charge in [0.1, 0.15) is 0 Å². The van der Waals surface area contributed by atoms with Crippen molar-refractivity contribution in [3.8, 4) is 0 Å². The third-order valence-electron chi connectivity index (χ3n) is 1.06. The summed E-state index contributed by atoms with van der Waals surface area (Å²) in [4.78, 5) is 0. The van der Waals surface area contributed by atoms with E-state index < -0.39 is 0 Å². The van der Waals surface area contributed by atoms with Crippen LogP contribution in [0.4, 0.5) is 0 Å². The van der Waals surface area contributed by atoms with Gasteiger partial charge in [-0.15, -0.1) is 0 Å². The monoisotopic (exact) mass is 226 g/mol. The van der Waals surface area contributed by atoms with Crippen molar-refractivity contribution in [2.24, 2.45) is 0 Å². The summed E-state index contributed by atoms with van der Waals surface area (Å²) in [5.74, 6) is 1.22. The number of halogens is 1. The Balaban J connectivity index is 2.65. The highest BCUT2D eigenvalue weighted by atomic mass is 79.9. The molecule has 10 heavy (non-hydrogen) atoms. The van der Waals surface area contributed by atoms with Crippen molar-refractivity contribution in [3.63, 3.8) is 0 Å². The van der Waals surface area contributed by atoms with Gasteiger partial charge in [0.2, 0.25) is 0 Å². The van der Waals surface area contributed by atoms with Crippen molar-refractivity contribution >= 4 is 27.7 Å². The predicted molar refractivity (Wildman–Crippen MR) is 52.2 cm³/mol. The number of ether oxygens (including phenoxy) is 1. The Kier molecular flexibility index (Phi) is 10.6. The first-order valence-electron chi connectivity index (χ1n) is 3.54. The molecule has 0 aromatic rings. The topological polar surface area (TPSA) is 9.23 Å². The van der Waals surface area contributed by atoms with Gasteiger partial charge in [-0.05, 0) is 24.9 Å². The molecule has 0 fully saturated rings. The molecule has 0 heterocycles. The van der Waals surface area contributed by atoms with Crippen LogP contribution in [-0.4, -0.2) is 30.6 Å². The van der Waals surface area contributed by atoms with Crippen LogP contribution in [0.25, 0.3) is 0 Å². The SMILES string of the molecule is CSCCCOCCCBr. The summed E-state index contributed by atoms with van der Waals surface area (Å²) in [6.07, 6.45) is 4.43. The van der Waals surface area contributed by atoms with Crippen LogP contribution < -0.4 is 0 Å². The van der Waals surface area contributed by atoms with E-state index in [9.17, 15) is 0 Å². The quantitative estimate of drug-likeness (QED) is 0.488. The predicted octanol–water partition coefficient (Wildman–Crippen LogP) is 2.54. The maximum Gasteiger partial charge on any atom is 0.0474 e. The zero-order chi connectivity index (χ0) is 7.66. The van der Waals surface area contributed by atoms with E-state index in [2.05, 4.69) is 22.2 Å². The normalized spacial score (nSPS) is 10.2. The zero-order valence-electron chi connectivity index (χ0n) is 6.44. The van der Waals surface area contributed by atoms with Gasteiger partial charge in [0.25, 0.3) is 0 Å². The lowest BCUT2D eigenvalue weighted by molar-refractivity contribution is 0.137. The molecular weight excluding hydrogens is 212 g/mol. The average molecular weight is 227 g/mol. The van der Waals surface area contributed by atoms with Crippen LogP contribution in [-0.2, 0) is 4.74 Å². The minimum Gasteiger partial charge on any atom is -0.381 e. The average Bonchev–Trinajstić information content (AvgIpc) is 1.97. The Bertz CT molecular complexity index is 53.6. The molecule has 0 radical (unpaired) electrons. The van der Waals surface area contributed by atoms with Gasteiger partial charge in [0.05, 0.1) is 0 Å². The third-order valence-corrected chi connectivity index (χ3v) is 2.32. The van der Waals surface area contributed by atoms with E-state index in [-0.39, 0.29) is 0 Å². The molecule has 0 bridgehead atoms. The molecule has 0 aromatic heterocycles. The van der Waals surface area contributed by atoms with Crippen LogP contribution in [0.2, 0.25) is 0 Å². The largest absolute Gasteiger partial charge is 0.381 e. The van der Waals surface area contributed by atoms with E-state index in [0.717, 1.165) is 25.0 Å². The van der Waals surface area contributed by atoms with Crippen molar-refractivity contribution in [2.75, 3.05) is 30.6 Å². The maximum absolute atomic E-state index is 5.33. The molecule has 0 amide bonds. The van der Waals surface area contributed by atoms with Gasteiger partial charge >= 0.3 is 0 Å². The molecule has 1 nitrogen and oxygen atoms in total. The van der Waals surface area contributed by atoms with Gasteiger partial charge < -0.3 is 4.74 Å². The van der Waals surface area contributed by atoms with Crippen LogP contribution >= 0.6 is 27.7 Å². The molecule has 0 N–H and O–H groups in total. The van der Waals surface area contributed by atoms with Gasteiger partial charge in [-0.1, -0.05) is 15.9 Å². The lowest BCUT2D eigenvalue weighted by atomic mass is 10.5. The van der Waals surface area contributed by atoms with Gasteiger partial charge in [0, 0.05) is 18.5 Å². The van der Waals surface area contributed by atoms with Crippen LogP contribution in [0.15, 0.2) is 0 Å². The number of rotatable bonds is 7. The molecule has 0 saturated carbocycles. The molecule has 0 aliphatic carbocycles. The molecule has 0 spiro atoms. The van der Waals surface area contributed by atoms with E-state index in [1.54, 1.807) is 0 Å². The Morgan fingerprint density at radius 2 is 2.00 bits per heavy atom. The highest BCUT2D eigenvalue weighted by Crippen LogP contribution is 1.96. The van der Waals surface area contributed by atoms with Gasteiger partial charge in [0.15, 0.2) is 0 Å². The molecule has 0 atom stereocenters. The minimum atomic E-state index is 0.902. The van der Waals surface area contributed by atoms with E-state index in [1.165, 1.54) is 12.2 Å². The molecule has 0 aromatic carbocycles. The molecule has 3 heteroatoms. The summed E-state index contributed by atoms with van der Waals surface area (Å²) in [7, 11) is 0. The van der Waals surface area contributed by atoms with E-state index in [0.29, 0.717) is 0 Å². The summed E-state index contributed by atoms with van der Waals surface area (Å²) < 4.78 is 5.33. The molecule has 0 unspecified atom stereocenters. The van der Waals surface area contributed by atoms with Gasteiger partial charge in [-0.3, -0.25) is 0 Å². The molecule has 0 aliphatic heterocycles. The lowest BCUT2D eigenvalue weighted by Gasteiger charge is -2.00. The van der Waals surface area contributed by atoms with Crippen molar-refractivity contribution in [1.82, 2.24) is 0 Å². The van der Waals surface area contributed by atoms with Crippen molar-refractivity contribution < 1.29 is 4.74 Å². The summed E-state index contributed by atoms with van der Waals surface area (Å²) >= 11 is 5.22. The zero-order valence-corrected chi connectivity index (χ0v) is 8.84. The second-order valence-electron chi connectivity index (χ2n) is 2.00. The molecule has 0 aliphatic rings. The molecule has 0 rings (SSSR count). The lowest BCUT2D eigenvalue weighted by Crippen LogP contribution is -1.98. The Labute approximate surface area is 76.0 Å². The Morgan fingerprint density at radius 3 is 2.60 bits per heavy atom. The van der Waals surface area contributed by atoms with Crippen molar-refractivity contribution in [1.29, 1.82) is 0 Å². The van der Waals surface area contributed by atoms with E-state index >= 15 is 0 Å². The van der Waals surface area contributed by atoms with Crippen LogP contribution in [0.5, 0.6) is 0 Å². The molecular formula is C7H15BrOS. The van der Waals surface area contributed by atoms with Crippen molar-refractivity contribution in [3.05, 3.63) is 0 Å². The minimum absolute atomic E-state index is 0.902. The van der Waals surface area contributed by atoms with Gasteiger partial charge in [-0.25, -0.2) is 0 Å². The maximum atomic E-state index is 5.33. The fraction of sp³-hybridized carbons (Fsp3) is 1.00. The Morgan fingerprint density at radius 1 is 1.30 bits per heavy atom. The highest BCUT2D eigenvalue weighted by molar-refractivity contribution is 9.09. The van der Waals surface area contributed by atoms with Crippen LogP contribution in [0.3, 0.4) is 0 Å². The number of alkyl halides is 1. The smallest absolute Gasteiger partial charge is 0.0474 e. The van der Waals surface area contributed by atoms with Crippen LogP contribution in [0.1, 0.15) is 12.8 Å². The first-order valence-corrected chi connectivity index (χ1v) is 6.06. The number of thioether (sulfide) groups is 1. The summed E-state index contributed by atoms with van der Waals surface area (Å²) in [6, 6.07) is 0. The summed E-state index contributed by atoms with van der Waals surface area (Å²) in [6.45, 7) is 1.83. The third kappa shape index (κ3) is 8.79. The second kappa shape index (κ2) is 9.79. The summed E-state index contributed by atoms with van der Waals surface area (Å²) in [5.41, 5.74) is 0. The number of hydrogen-bond donors (Lipinski definition) is 0. The van der Waals surface area contributed by atoms with Crippen molar-refractivity contribution in [2.45, 2.75) is 12.8 Å². The summed E-state index contributed by atoms with van der Waals surface area (Å²) in [5, 5.41) is 1.05. The molecule has 62 valence electrons. The highest BCUT2D eigenvalue weighted by Gasteiger charge is 1.87. The van der Waals surface area contributed by atoms with E-state index in [1.807, 2.05) is 11.8 Å². The van der Waals surface area contributed by atoms with E-state index in [4.69, 9.17) is 4.74 Å². The molecule has 0 saturated heterocycles. The fourth-order valence-corrected chi connectivity index (χ4v) is 1.20. The first-order chi connectivity index (χ1) is 4.91. The fourth-order valence-electron chi connectivity index (χ4n) is 0.564. The second-order valence-corrected chi connectivity index (χ2v) is 3.78. The van der Waals surface area contributed by atoms with Gasteiger partial charge in [-0.2, -0.15) is 11.8 Å². The van der Waals surface area contributed by atoms with Crippen LogP contribution in [0, 0.1) is 0 Å².